The molecule has 3 nitrogen and oxygen atoms in total. The average molecular weight is 342 g/mol. The molecule has 1 aromatic heterocycles. The molecule has 20 heavy (non-hydrogen) atoms. The first-order valence-electron chi connectivity index (χ1n) is 4.58. The third kappa shape index (κ3) is 4.14. The van der Waals surface area contributed by atoms with Gasteiger partial charge in [0.05, 0.1) is 17.1 Å². The lowest BCUT2D eigenvalue weighted by Gasteiger charge is -2.17. The zero-order valence-electron chi connectivity index (χ0n) is 9.07. The predicted molar refractivity (Wildman–Crippen MR) is 55.7 cm³/mol. The van der Waals surface area contributed by atoms with Crippen molar-refractivity contribution in [2.75, 3.05) is 0 Å². The number of hydrogen-bond donors (Lipinski definition) is 0. The van der Waals surface area contributed by atoms with E-state index in [2.05, 4.69) is 9.72 Å². The van der Waals surface area contributed by atoms with Crippen LogP contribution in [0, 0.1) is 0 Å². The van der Waals surface area contributed by atoms with Crippen LogP contribution in [0.2, 0.25) is 0 Å². The maximum Gasteiger partial charge on any atom is 0.574 e. The van der Waals surface area contributed by atoms with Crippen LogP contribution in [-0.2, 0) is 12.1 Å². The molecule has 0 spiro atoms. The zero-order chi connectivity index (χ0) is 15.7. The van der Waals surface area contributed by atoms with Crippen LogP contribution in [-0.4, -0.2) is 16.6 Å². The van der Waals surface area contributed by atoms with Crippen LogP contribution in [0.5, 0.6) is 5.88 Å². The summed E-state index contributed by atoms with van der Waals surface area (Å²) in [5.41, 5.74) is -3.66. The number of nitrogens with zero attached hydrogens (tertiary/aromatic N) is 1. The van der Waals surface area contributed by atoms with E-state index < -0.39 is 46.4 Å². The van der Waals surface area contributed by atoms with E-state index >= 15 is 0 Å². The molecule has 0 N–H and O–H groups in total. The Balaban J connectivity index is 3.60. The van der Waals surface area contributed by atoms with Crippen molar-refractivity contribution >= 4 is 28.4 Å². The summed E-state index contributed by atoms with van der Waals surface area (Å²) in [6.07, 6.45) is -10.7. The van der Waals surface area contributed by atoms with E-state index in [1.54, 1.807) is 0 Å². The van der Waals surface area contributed by atoms with Gasteiger partial charge in [-0.15, -0.1) is 24.8 Å². The highest BCUT2D eigenvalue weighted by Gasteiger charge is 2.43. The quantitative estimate of drug-likeness (QED) is 0.471. The van der Waals surface area contributed by atoms with Gasteiger partial charge in [0, 0.05) is 0 Å². The molecule has 0 radical (unpaired) electrons. The van der Waals surface area contributed by atoms with Crippen LogP contribution >= 0.6 is 23.2 Å². The predicted octanol–water partition coefficient (Wildman–Crippen LogP) is 4.12. The Labute approximate surface area is 117 Å². The van der Waals surface area contributed by atoms with Gasteiger partial charge in [0.2, 0.25) is 5.88 Å². The van der Waals surface area contributed by atoms with Crippen LogP contribution in [0.1, 0.15) is 21.6 Å². The second-order valence-electron chi connectivity index (χ2n) is 3.29. The van der Waals surface area contributed by atoms with Crippen LogP contribution in [0.15, 0.2) is 6.07 Å². The van der Waals surface area contributed by atoms with Gasteiger partial charge < -0.3 is 4.74 Å². The van der Waals surface area contributed by atoms with Gasteiger partial charge in [-0.05, 0) is 17.7 Å². The van der Waals surface area contributed by atoms with Crippen molar-refractivity contribution in [3.05, 3.63) is 22.9 Å². The lowest BCUT2D eigenvalue weighted by Crippen LogP contribution is -2.23. The molecule has 0 aromatic carbocycles. The molecule has 1 aromatic rings. The highest BCUT2D eigenvalue weighted by molar-refractivity contribution is 6.68. The largest absolute Gasteiger partial charge is 0.574 e. The van der Waals surface area contributed by atoms with Gasteiger partial charge >= 0.3 is 12.5 Å². The number of carbonyl (C=O) groups is 1. The molecule has 0 fully saturated rings. The van der Waals surface area contributed by atoms with Gasteiger partial charge in [0.1, 0.15) is 5.56 Å². The molecule has 0 atom stereocenters. The highest BCUT2D eigenvalue weighted by Crippen LogP contribution is 2.40. The topological polar surface area (TPSA) is 39.2 Å². The van der Waals surface area contributed by atoms with E-state index in [-0.39, 0.29) is 0 Å². The number of ether oxygens (including phenoxy) is 1. The third-order valence-corrected chi connectivity index (χ3v) is 2.36. The average Bonchev–Trinajstić information content (AvgIpc) is 2.23. The fraction of sp³-hybridized carbons (Fsp3) is 0.333. The van der Waals surface area contributed by atoms with Gasteiger partial charge in [-0.25, -0.2) is 4.98 Å². The molecule has 0 saturated carbocycles. The summed E-state index contributed by atoms with van der Waals surface area (Å²) in [4.78, 5) is 13.9. The number of hydrogen-bond acceptors (Lipinski definition) is 3. The number of rotatable bonds is 3. The standard InChI is InChI=1S/C9H3Cl2F6NO2/c10-2-3-1-4(6(11)19)5(8(12,13)14)7(18-3)20-9(15,16)17/h1H,2H2. The van der Waals surface area contributed by atoms with Crippen LogP contribution in [0.25, 0.3) is 0 Å². The van der Waals surface area contributed by atoms with Crippen LogP contribution < -0.4 is 4.74 Å². The molecule has 112 valence electrons. The van der Waals surface area contributed by atoms with Gasteiger partial charge in [-0.2, -0.15) is 13.2 Å². The van der Waals surface area contributed by atoms with Crippen molar-refractivity contribution in [2.24, 2.45) is 0 Å². The van der Waals surface area contributed by atoms with Crippen molar-refractivity contribution in [3.63, 3.8) is 0 Å². The van der Waals surface area contributed by atoms with E-state index in [1.165, 1.54) is 0 Å². The first-order valence-corrected chi connectivity index (χ1v) is 5.49. The minimum Gasteiger partial charge on any atom is -0.387 e. The Morgan fingerprint density at radius 1 is 1.25 bits per heavy atom. The normalized spacial score (nSPS) is 12.4. The molecular weight excluding hydrogens is 339 g/mol. The summed E-state index contributed by atoms with van der Waals surface area (Å²) in [6.45, 7) is 0. The summed E-state index contributed by atoms with van der Waals surface area (Å²) in [7, 11) is 0. The minimum absolute atomic E-state index is 0.428. The maximum absolute atomic E-state index is 12.7. The SMILES string of the molecule is O=C(Cl)c1cc(CCl)nc(OC(F)(F)F)c1C(F)(F)F. The Morgan fingerprint density at radius 2 is 1.80 bits per heavy atom. The second-order valence-corrected chi connectivity index (χ2v) is 3.90. The number of aromatic nitrogens is 1. The molecule has 11 heteroatoms. The van der Waals surface area contributed by atoms with E-state index in [4.69, 9.17) is 23.2 Å². The van der Waals surface area contributed by atoms with Crippen LogP contribution in [0.4, 0.5) is 26.3 Å². The Bertz CT molecular complexity index is 528. The summed E-state index contributed by atoms with van der Waals surface area (Å²) in [6, 6.07) is 0.550. The molecule has 0 amide bonds. The molecule has 0 unspecified atom stereocenters. The Hall–Kier alpha value is -1.22. The molecule has 1 heterocycles. The Kier molecular flexibility index (Phi) is 4.75. The number of carbonyl (C=O) groups excluding carboxylic acids is 1. The van der Waals surface area contributed by atoms with Gasteiger partial charge in [-0.3, -0.25) is 4.79 Å². The first kappa shape index (κ1) is 16.8. The lowest BCUT2D eigenvalue weighted by atomic mass is 10.1. The molecule has 0 bridgehead atoms. The second kappa shape index (κ2) is 5.65. The van der Waals surface area contributed by atoms with E-state index in [9.17, 15) is 31.1 Å². The third-order valence-electron chi connectivity index (χ3n) is 1.88. The van der Waals surface area contributed by atoms with Crippen LogP contribution in [0.3, 0.4) is 0 Å². The van der Waals surface area contributed by atoms with E-state index in [1.807, 2.05) is 0 Å². The fourth-order valence-electron chi connectivity index (χ4n) is 1.25. The number of halogens is 8. The first-order chi connectivity index (χ1) is 8.95. The smallest absolute Gasteiger partial charge is 0.387 e. The van der Waals surface area contributed by atoms with Gasteiger partial charge in [0.15, 0.2) is 0 Å². The van der Waals surface area contributed by atoms with Crippen molar-refractivity contribution in [1.29, 1.82) is 0 Å². The molecular formula is C9H3Cl2F6NO2. The van der Waals surface area contributed by atoms with Gasteiger partial charge in [-0.1, -0.05) is 0 Å². The highest BCUT2D eigenvalue weighted by atomic mass is 35.5. The lowest BCUT2D eigenvalue weighted by molar-refractivity contribution is -0.277. The van der Waals surface area contributed by atoms with Crippen molar-refractivity contribution in [3.8, 4) is 5.88 Å². The van der Waals surface area contributed by atoms with Crippen molar-refractivity contribution in [2.45, 2.75) is 18.4 Å². The van der Waals surface area contributed by atoms with Gasteiger partial charge in [0.25, 0.3) is 5.24 Å². The summed E-state index contributed by atoms with van der Waals surface area (Å²) in [5, 5.41) is -1.61. The minimum atomic E-state index is -5.43. The molecule has 1 rings (SSSR count). The van der Waals surface area contributed by atoms with Crippen molar-refractivity contribution in [1.82, 2.24) is 4.98 Å². The Morgan fingerprint density at radius 3 is 2.15 bits per heavy atom. The zero-order valence-corrected chi connectivity index (χ0v) is 10.6. The molecule has 0 saturated heterocycles. The monoisotopic (exact) mass is 341 g/mol. The number of pyridine rings is 1. The van der Waals surface area contributed by atoms with E-state index in [0.29, 0.717) is 6.07 Å². The molecule has 0 aliphatic heterocycles. The fourth-order valence-corrected chi connectivity index (χ4v) is 1.54. The number of alkyl halides is 7. The summed E-state index contributed by atoms with van der Waals surface area (Å²) < 4.78 is 77.7. The summed E-state index contributed by atoms with van der Waals surface area (Å²) in [5.74, 6) is -2.36. The summed E-state index contributed by atoms with van der Waals surface area (Å²) >= 11 is 10.2. The molecule has 0 aliphatic rings. The van der Waals surface area contributed by atoms with Crippen molar-refractivity contribution < 1.29 is 35.9 Å². The maximum atomic E-state index is 12.7. The van der Waals surface area contributed by atoms with E-state index in [0.717, 1.165) is 0 Å². The molecule has 0 aliphatic carbocycles.